The van der Waals surface area contributed by atoms with Crippen molar-refractivity contribution in [1.29, 1.82) is 0 Å². The predicted molar refractivity (Wildman–Crippen MR) is 112 cm³/mol. The van der Waals surface area contributed by atoms with E-state index in [1.54, 1.807) is 29.2 Å². The van der Waals surface area contributed by atoms with E-state index in [-0.39, 0.29) is 11.8 Å². The maximum atomic E-state index is 12.7. The summed E-state index contributed by atoms with van der Waals surface area (Å²) in [5, 5.41) is 11.4. The summed E-state index contributed by atoms with van der Waals surface area (Å²) >= 11 is 9.07. The molecule has 140 valence electrons. The zero-order chi connectivity index (χ0) is 18.8. The van der Waals surface area contributed by atoms with Gasteiger partial charge in [0.15, 0.2) is 15.3 Å². The van der Waals surface area contributed by atoms with E-state index in [1.807, 2.05) is 30.5 Å². The van der Waals surface area contributed by atoms with Gasteiger partial charge in [-0.3, -0.25) is 4.79 Å². The molecule has 2 aromatic heterocycles. The Balaban J connectivity index is 1.37. The van der Waals surface area contributed by atoms with Gasteiger partial charge < -0.3 is 10.2 Å². The molecule has 0 saturated carbocycles. The Morgan fingerprint density at radius 2 is 2.07 bits per heavy atom. The number of anilines is 2. The number of benzene rings is 1. The Morgan fingerprint density at radius 3 is 2.78 bits per heavy atom. The third-order valence-corrected chi connectivity index (χ3v) is 6.82. The fraction of sp³-hybridized carbons (Fsp3) is 0.333. The topological polar surface area (TPSA) is 71.0 Å². The quantitative estimate of drug-likeness (QED) is 0.635. The summed E-state index contributed by atoms with van der Waals surface area (Å²) in [7, 11) is 0. The number of hydrogen-bond donors (Lipinski definition) is 1. The Morgan fingerprint density at radius 1 is 1.26 bits per heavy atom. The highest BCUT2D eigenvalue weighted by Gasteiger charge is 2.26. The molecular formula is C18H18ClN5OS2. The molecule has 1 amide bonds. The number of thioether (sulfide) groups is 1. The summed E-state index contributed by atoms with van der Waals surface area (Å²) in [6, 6.07) is 9.48. The van der Waals surface area contributed by atoms with Crippen LogP contribution in [0.25, 0.3) is 10.2 Å². The van der Waals surface area contributed by atoms with E-state index in [9.17, 15) is 4.79 Å². The number of rotatable bonds is 4. The second-order valence-electron chi connectivity index (χ2n) is 6.33. The molecule has 1 aliphatic heterocycles. The number of hydrogen-bond acceptors (Lipinski definition) is 7. The molecule has 3 heterocycles. The number of carbonyl (C=O) groups is 1. The largest absolute Gasteiger partial charge is 0.355 e. The highest BCUT2D eigenvalue weighted by molar-refractivity contribution is 8.00. The summed E-state index contributed by atoms with van der Waals surface area (Å²) in [6.07, 6.45) is 3.59. The molecule has 1 aromatic carbocycles. The van der Waals surface area contributed by atoms with Crippen LogP contribution in [0.5, 0.6) is 0 Å². The van der Waals surface area contributed by atoms with Gasteiger partial charge in [0.2, 0.25) is 5.91 Å². The van der Waals surface area contributed by atoms with Gasteiger partial charge in [-0.2, -0.15) is 0 Å². The van der Waals surface area contributed by atoms with E-state index in [0.29, 0.717) is 5.15 Å². The van der Waals surface area contributed by atoms with E-state index < -0.39 is 0 Å². The van der Waals surface area contributed by atoms with Crippen molar-refractivity contribution in [1.82, 2.24) is 15.2 Å². The van der Waals surface area contributed by atoms with E-state index in [2.05, 4.69) is 25.4 Å². The fourth-order valence-corrected chi connectivity index (χ4v) is 4.79. The molecule has 1 fully saturated rings. The van der Waals surface area contributed by atoms with Crippen LogP contribution in [0.3, 0.4) is 0 Å². The first kappa shape index (κ1) is 18.5. The summed E-state index contributed by atoms with van der Waals surface area (Å²) in [5.74, 6) is 0.879. The summed E-state index contributed by atoms with van der Waals surface area (Å²) in [5.41, 5.74) is 1.80. The molecule has 0 aliphatic carbocycles. The predicted octanol–water partition coefficient (Wildman–Crippen LogP) is 4.32. The first-order valence-electron chi connectivity index (χ1n) is 8.62. The molecule has 0 unspecified atom stereocenters. The van der Waals surface area contributed by atoms with Gasteiger partial charge in [-0.25, -0.2) is 4.98 Å². The zero-order valence-electron chi connectivity index (χ0n) is 14.7. The molecule has 27 heavy (non-hydrogen) atoms. The number of fused-ring (bicyclic) bond motifs is 1. The minimum atomic E-state index is 0.000394. The lowest BCUT2D eigenvalue weighted by atomic mass is 9.96. The number of piperidine rings is 1. The Bertz CT molecular complexity index is 954. The van der Waals surface area contributed by atoms with Crippen molar-refractivity contribution in [3.63, 3.8) is 0 Å². The average molecular weight is 420 g/mol. The van der Waals surface area contributed by atoms with Crippen molar-refractivity contribution >= 4 is 62.3 Å². The number of aromatic nitrogens is 3. The Labute approximate surface area is 170 Å². The van der Waals surface area contributed by atoms with Gasteiger partial charge in [0.05, 0.1) is 10.2 Å². The molecule has 1 N–H and O–H groups in total. The highest BCUT2D eigenvalue weighted by atomic mass is 35.5. The minimum absolute atomic E-state index is 0.000394. The number of amides is 1. The van der Waals surface area contributed by atoms with Crippen molar-refractivity contribution in [3.05, 3.63) is 35.5 Å². The van der Waals surface area contributed by atoms with Gasteiger partial charge in [0.1, 0.15) is 0 Å². The number of nitrogens with zero attached hydrogens (tertiary/aromatic N) is 4. The maximum Gasteiger partial charge on any atom is 0.227 e. The second kappa shape index (κ2) is 8.00. The van der Waals surface area contributed by atoms with Crippen LogP contribution in [0, 0.1) is 5.92 Å². The summed E-state index contributed by atoms with van der Waals surface area (Å²) in [4.78, 5) is 19.3. The van der Waals surface area contributed by atoms with Crippen LogP contribution in [0.15, 0.2) is 34.7 Å². The van der Waals surface area contributed by atoms with Gasteiger partial charge in [-0.1, -0.05) is 23.4 Å². The molecule has 1 aliphatic rings. The van der Waals surface area contributed by atoms with Gasteiger partial charge >= 0.3 is 0 Å². The van der Waals surface area contributed by atoms with Crippen LogP contribution in [-0.2, 0) is 4.79 Å². The minimum Gasteiger partial charge on any atom is -0.355 e. The molecule has 4 rings (SSSR count). The summed E-state index contributed by atoms with van der Waals surface area (Å²) < 4.78 is 2.12. The molecule has 6 nitrogen and oxygen atoms in total. The number of nitrogens with one attached hydrogen (secondary N) is 1. The lowest BCUT2D eigenvalue weighted by molar-refractivity contribution is -0.120. The SMILES string of the molecule is CSc1nc2ccc(NC(=O)C3CCN(c4ccc(Cl)nn4)CC3)cc2s1. The molecule has 0 bridgehead atoms. The molecule has 9 heteroatoms. The first-order valence-corrected chi connectivity index (χ1v) is 11.0. The van der Waals surface area contributed by atoms with Crippen LogP contribution in [0.4, 0.5) is 11.5 Å². The van der Waals surface area contributed by atoms with E-state index in [4.69, 9.17) is 11.6 Å². The van der Waals surface area contributed by atoms with Crippen LogP contribution >= 0.6 is 34.7 Å². The van der Waals surface area contributed by atoms with Gasteiger partial charge in [0.25, 0.3) is 0 Å². The third kappa shape index (κ3) is 4.17. The summed E-state index contributed by atoms with van der Waals surface area (Å²) in [6.45, 7) is 1.55. The highest BCUT2D eigenvalue weighted by Crippen LogP contribution is 2.30. The van der Waals surface area contributed by atoms with Crippen LogP contribution in [0.1, 0.15) is 12.8 Å². The van der Waals surface area contributed by atoms with E-state index in [1.165, 1.54) is 0 Å². The third-order valence-electron chi connectivity index (χ3n) is 4.62. The normalized spacial score (nSPS) is 15.3. The van der Waals surface area contributed by atoms with E-state index >= 15 is 0 Å². The lowest BCUT2D eigenvalue weighted by Gasteiger charge is -2.31. The van der Waals surface area contributed by atoms with Crippen LogP contribution < -0.4 is 10.2 Å². The van der Waals surface area contributed by atoms with Gasteiger partial charge in [-0.05, 0) is 49.4 Å². The first-order chi connectivity index (χ1) is 13.1. The van der Waals surface area contributed by atoms with Crippen LogP contribution in [-0.4, -0.2) is 40.4 Å². The van der Waals surface area contributed by atoms with Crippen molar-refractivity contribution in [2.45, 2.75) is 17.2 Å². The van der Waals surface area contributed by atoms with Gasteiger partial charge in [0, 0.05) is 24.7 Å². The molecule has 0 spiro atoms. The number of halogens is 1. The monoisotopic (exact) mass is 419 g/mol. The van der Waals surface area contributed by atoms with E-state index in [0.717, 1.165) is 52.0 Å². The number of thiazole rings is 1. The Hall–Kier alpha value is -1.90. The van der Waals surface area contributed by atoms with Crippen molar-refractivity contribution in [2.75, 3.05) is 29.6 Å². The lowest BCUT2D eigenvalue weighted by Crippen LogP contribution is -2.38. The van der Waals surface area contributed by atoms with Crippen molar-refractivity contribution in [2.24, 2.45) is 5.92 Å². The molecule has 0 radical (unpaired) electrons. The van der Waals surface area contributed by atoms with Gasteiger partial charge in [-0.15, -0.1) is 21.5 Å². The average Bonchev–Trinajstić information content (AvgIpc) is 3.11. The Kier molecular flexibility index (Phi) is 5.47. The molecule has 3 aromatic rings. The maximum absolute atomic E-state index is 12.7. The zero-order valence-corrected chi connectivity index (χ0v) is 17.1. The standard InChI is InChI=1S/C18H18ClN5OS2/c1-26-18-21-13-3-2-12(10-14(13)27-18)20-17(25)11-6-8-24(9-7-11)16-5-4-15(19)22-23-16/h2-5,10-11H,6-9H2,1H3,(H,20,25). The molecule has 1 saturated heterocycles. The fourth-order valence-electron chi connectivity index (χ4n) is 3.16. The van der Waals surface area contributed by atoms with Crippen molar-refractivity contribution < 1.29 is 4.79 Å². The smallest absolute Gasteiger partial charge is 0.227 e. The van der Waals surface area contributed by atoms with Crippen molar-refractivity contribution in [3.8, 4) is 0 Å². The molecule has 0 atom stereocenters. The molecular weight excluding hydrogens is 402 g/mol. The van der Waals surface area contributed by atoms with Crippen LogP contribution in [0.2, 0.25) is 5.15 Å². The second-order valence-corrected chi connectivity index (χ2v) is 8.80. The number of carbonyl (C=O) groups excluding carboxylic acids is 1.